The zero-order chi connectivity index (χ0) is 15.4. The summed E-state index contributed by atoms with van der Waals surface area (Å²) in [7, 11) is 0. The summed E-state index contributed by atoms with van der Waals surface area (Å²) in [5.41, 5.74) is -0.0860. The third-order valence-corrected chi connectivity index (χ3v) is 3.69. The van der Waals surface area contributed by atoms with Crippen molar-refractivity contribution in [3.05, 3.63) is 35.4 Å². The molecule has 0 aliphatic carbocycles. The van der Waals surface area contributed by atoms with Gasteiger partial charge in [0.25, 0.3) is 0 Å². The maximum Gasteiger partial charge on any atom is 0.242 e. The molecule has 1 aliphatic rings. The molecule has 1 aromatic rings. The summed E-state index contributed by atoms with van der Waals surface area (Å²) in [6, 6.07) is 3.22. The normalized spacial score (nSPS) is 22.1. The van der Waals surface area contributed by atoms with Crippen LogP contribution in [0.15, 0.2) is 18.2 Å². The van der Waals surface area contributed by atoms with E-state index in [9.17, 15) is 13.6 Å². The van der Waals surface area contributed by atoms with Gasteiger partial charge in [-0.25, -0.2) is 8.78 Å². The third-order valence-electron chi connectivity index (χ3n) is 3.69. The van der Waals surface area contributed by atoms with Crippen LogP contribution in [0.4, 0.5) is 8.78 Å². The molecule has 0 spiro atoms. The number of amides is 1. The minimum atomic E-state index is -0.637. The molecule has 116 valence electrons. The number of carbonyl (C=O) groups is 1. The van der Waals surface area contributed by atoms with Crippen LogP contribution in [0.3, 0.4) is 0 Å². The monoisotopic (exact) mass is 298 g/mol. The molecule has 1 aromatic carbocycles. The number of halogens is 2. The van der Waals surface area contributed by atoms with Crippen molar-refractivity contribution in [2.75, 3.05) is 19.7 Å². The van der Waals surface area contributed by atoms with Gasteiger partial charge in [-0.3, -0.25) is 4.79 Å². The van der Waals surface area contributed by atoms with Gasteiger partial charge in [0, 0.05) is 18.7 Å². The Bertz CT molecular complexity index is 490. The highest BCUT2D eigenvalue weighted by Gasteiger charge is 2.31. The molecule has 1 amide bonds. The molecule has 1 fully saturated rings. The predicted molar refractivity (Wildman–Crippen MR) is 74.7 cm³/mol. The Kier molecular flexibility index (Phi) is 5.25. The standard InChI is InChI=1S/C15H20F2N2O2/c1-3-19(9-11-12(16)5-4-6-13(11)17)15(20)14-10(2)21-8-7-18-14/h4-6,10,14,18H,3,7-9H2,1-2H3/t10-,14+/m1/s1. The van der Waals surface area contributed by atoms with E-state index in [1.807, 2.05) is 6.92 Å². The number of nitrogens with zero attached hydrogens (tertiary/aromatic N) is 1. The summed E-state index contributed by atoms with van der Waals surface area (Å²) in [5.74, 6) is -1.48. The van der Waals surface area contributed by atoms with E-state index in [2.05, 4.69) is 5.32 Å². The molecular formula is C15H20F2N2O2. The van der Waals surface area contributed by atoms with Crippen molar-refractivity contribution in [3.63, 3.8) is 0 Å². The summed E-state index contributed by atoms with van der Waals surface area (Å²) in [4.78, 5) is 13.9. The van der Waals surface area contributed by atoms with E-state index in [1.165, 1.54) is 23.1 Å². The largest absolute Gasteiger partial charge is 0.375 e. The lowest BCUT2D eigenvalue weighted by atomic mass is 10.1. The smallest absolute Gasteiger partial charge is 0.242 e. The second-order valence-corrected chi connectivity index (χ2v) is 5.06. The number of rotatable bonds is 4. The summed E-state index contributed by atoms with van der Waals surface area (Å²) in [5, 5.41) is 3.09. The minimum Gasteiger partial charge on any atom is -0.375 e. The molecule has 0 saturated carbocycles. The molecule has 4 nitrogen and oxygen atoms in total. The average Bonchev–Trinajstić information content (AvgIpc) is 2.47. The van der Waals surface area contributed by atoms with Crippen LogP contribution < -0.4 is 5.32 Å². The van der Waals surface area contributed by atoms with E-state index < -0.39 is 17.7 Å². The number of hydrogen-bond donors (Lipinski definition) is 1. The van der Waals surface area contributed by atoms with Gasteiger partial charge in [-0.1, -0.05) is 6.07 Å². The van der Waals surface area contributed by atoms with Gasteiger partial charge in [0.1, 0.15) is 17.7 Å². The van der Waals surface area contributed by atoms with E-state index in [4.69, 9.17) is 4.74 Å². The SMILES string of the molecule is CCN(Cc1c(F)cccc1F)C(=O)[C@H]1NCCO[C@@H]1C. The van der Waals surface area contributed by atoms with Gasteiger partial charge in [0.15, 0.2) is 0 Å². The van der Waals surface area contributed by atoms with Gasteiger partial charge < -0.3 is 15.0 Å². The summed E-state index contributed by atoms with van der Waals surface area (Å²) in [6.07, 6.45) is -0.259. The van der Waals surface area contributed by atoms with E-state index >= 15 is 0 Å². The number of ether oxygens (including phenoxy) is 1. The van der Waals surface area contributed by atoms with E-state index in [0.29, 0.717) is 19.7 Å². The zero-order valence-corrected chi connectivity index (χ0v) is 12.2. The first-order chi connectivity index (χ1) is 10.0. The number of benzene rings is 1. The average molecular weight is 298 g/mol. The summed E-state index contributed by atoms with van der Waals surface area (Å²) < 4.78 is 32.9. The summed E-state index contributed by atoms with van der Waals surface area (Å²) in [6.45, 7) is 5.03. The Morgan fingerprint density at radius 1 is 1.43 bits per heavy atom. The van der Waals surface area contributed by atoms with Crippen molar-refractivity contribution in [1.82, 2.24) is 10.2 Å². The first kappa shape index (κ1) is 15.9. The van der Waals surface area contributed by atoms with Crippen LogP contribution >= 0.6 is 0 Å². The highest BCUT2D eigenvalue weighted by atomic mass is 19.1. The van der Waals surface area contributed by atoms with Crippen molar-refractivity contribution in [2.45, 2.75) is 32.5 Å². The molecule has 0 aromatic heterocycles. The highest BCUT2D eigenvalue weighted by Crippen LogP contribution is 2.16. The van der Waals surface area contributed by atoms with Crippen molar-refractivity contribution in [3.8, 4) is 0 Å². The molecule has 21 heavy (non-hydrogen) atoms. The Morgan fingerprint density at radius 3 is 2.67 bits per heavy atom. The lowest BCUT2D eigenvalue weighted by Crippen LogP contribution is -2.56. The van der Waals surface area contributed by atoms with Crippen molar-refractivity contribution >= 4 is 5.91 Å². The molecule has 2 rings (SSSR count). The summed E-state index contributed by atoms with van der Waals surface area (Å²) >= 11 is 0. The Labute approximate surface area is 123 Å². The maximum absolute atomic E-state index is 13.7. The molecule has 1 aliphatic heterocycles. The Hall–Kier alpha value is -1.53. The minimum absolute atomic E-state index is 0.0846. The second-order valence-electron chi connectivity index (χ2n) is 5.06. The van der Waals surface area contributed by atoms with Gasteiger partial charge >= 0.3 is 0 Å². The first-order valence-electron chi connectivity index (χ1n) is 7.11. The van der Waals surface area contributed by atoms with Gasteiger partial charge in [-0.15, -0.1) is 0 Å². The molecule has 0 bridgehead atoms. The van der Waals surface area contributed by atoms with Crippen LogP contribution in [0.25, 0.3) is 0 Å². The third kappa shape index (κ3) is 3.57. The number of nitrogens with one attached hydrogen (secondary N) is 1. The fraction of sp³-hybridized carbons (Fsp3) is 0.533. The molecule has 1 saturated heterocycles. The number of likely N-dealkylation sites (N-methyl/N-ethyl adjacent to an activating group) is 1. The number of carbonyl (C=O) groups excluding carboxylic acids is 1. The Morgan fingerprint density at radius 2 is 2.10 bits per heavy atom. The molecular weight excluding hydrogens is 278 g/mol. The van der Waals surface area contributed by atoms with Gasteiger partial charge in [-0.2, -0.15) is 0 Å². The number of morpholine rings is 1. The van der Waals surface area contributed by atoms with E-state index in [-0.39, 0.29) is 24.1 Å². The van der Waals surface area contributed by atoms with E-state index in [1.54, 1.807) is 6.92 Å². The van der Waals surface area contributed by atoms with Gasteiger partial charge in [0.2, 0.25) is 5.91 Å². The van der Waals surface area contributed by atoms with Gasteiger partial charge in [-0.05, 0) is 26.0 Å². The maximum atomic E-state index is 13.7. The lowest BCUT2D eigenvalue weighted by Gasteiger charge is -2.33. The molecule has 0 radical (unpaired) electrons. The van der Waals surface area contributed by atoms with Crippen LogP contribution in [0.1, 0.15) is 19.4 Å². The molecule has 6 heteroatoms. The fourth-order valence-corrected chi connectivity index (χ4v) is 2.43. The number of hydrogen-bond acceptors (Lipinski definition) is 3. The van der Waals surface area contributed by atoms with Crippen LogP contribution in [0, 0.1) is 11.6 Å². The highest BCUT2D eigenvalue weighted by molar-refractivity contribution is 5.82. The van der Waals surface area contributed by atoms with Crippen molar-refractivity contribution in [1.29, 1.82) is 0 Å². The van der Waals surface area contributed by atoms with Crippen LogP contribution in [0.2, 0.25) is 0 Å². The van der Waals surface area contributed by atoms with Crippen LogP contribution in [-0.2, 0) is 16.1 Å². The van der Waals surface area contributed by atoms with Gasteiger partial charge in [0.05, 0.1) is 19.3 Å². The Balaban J connectivity index is 2.14. The predicted octanol–water partition coefficient (Wildman–Crippen LogP) is 1.69. The fourth-order valence-electron chi connectivity index (χ4n) is 2.43. The van der Waals surface area contributed by atoms with Crippen LogP contribution in [-0.4, -0.2) is 42.6 Å². The molecule has 2 atom stereocenters. The first-order valence-corrected chi connectivity index (χ1v) is 7.11. The quantitative estimate of drug-likeness (QED) is 0.920. The molecule has 1 heterocycles. The van der Waals surface area contributed by atoms with E-state index in [0.717, 1.165) is 0 Å². The molecule has 0 unspecified atom stereocenters. The topological polar surface area (TPSA) is 41.6 Å². The van der Waals surface area contributed by atoms with Crippen LogP contribution in [0.5, 0.6) is 0 Å². The zero-order valence-electron chi connectivity index (χ0n) is 12.2. The van der Waals surface area contributed by atoms with Crippen molar-refractivity contribution < 1.29 is 18.3 Å². The molecule has 1 N–H and O–H groups in total. The lowest BCUT2D eigenvalue weighted by molar-refractivity contribution is -0.140. The second kappa shape index (κ2) is 6.95. The van der Waals surface area contributed by atoms with Crippen molar-refractivity contribution in [2.24, 2.45) is 0 Å².